The van der Waals surface area contributed by atoms with E-state index in [2.05, 4.69) is 15.8 Å². The first-order chi connectivity index (χ1) is 14.9. The zero-order valence-electron chi connectivity index (χ0n) is 16.8. The van der Waals surface area contributed by atoms with Crippen LogP contribution in [0.3, 0.4) is 0 Å². The molecule has 2 N–H and O–H groups in total. The van der Waals surface area contributed by atoms with E-state index in [9.17, 15) is 18.0 Å². The Bertz CT molecular complexity index is 1070. The molecule has 2 heterocycles. The van der Waals surface area contributed by atoms with Gasteiger partial charge in [0.2, 0.25) is 10.0 Å². The van der Waals surface area contributed by atoms with Crippen molar-refractivity contribution in [1.29, 1.82) is 0 Å². The highest BCUT2D eigenvalue weighted by Crippen LogP contribution is 2.28. The van der Waals surface area contributed by atoms with Crippen molar-refractivity contribution in [1.82, 2.24) is 20.1 Å². The van der Waals surface area contributed by atoms with Gasteiger partial charge < -0.3 is 9.47 Å². The van der Waals surface area contributed by atoms with Crippen LogP contribution in [0.5, 0.6) is 5.75 Å². The Hall–Kier alpha value is -3.28. The van der Waals surface area contributed by atoms with Crippen LogP contribution in [0.2, 0.25) is 0 Å². The van der Waals surface area contributed by atoms with Gasteiger partial charge in [0, 0.05) is 25.4 Å². The van der Waals surface area contributed by atoms with Crippen LogP contribution in [-0.4, -0.2) is 62.9 Å². The molecule has 11 heteroatoms. The van der Waals surface area contributed by atoms with E-state index in [0.717, 1.165) is 0 Å². The van der Waals surface area contributed by atoms with Crippen LogP contribution in [0.15, 0.2) is 53.6 Å². The van der Waals surface area contributed by atoms with Crippen molar-refractivity contribution in [2.45, 2.75) is 4.90 Å². The highest BCUT2D eigenvalue weighted by atomic mass is 32.2. The van der Waals surface area contributed by atoms with E-state index in [1.807, 2.05) is 0 Å². The first kappa shape index (κ1) is 22.4. The van der Waals surface area contributed by atoms with Crippen molar-refractivity contribution < 1.29 is 27.5 Å². The Morgan fingerprint density at radius 2 is 1.94 bits per heavy atom. The summed E-state index contributed by atoms with van der Waals surface area (Å²) in [5.74, 6) is -0.959. The zero-order valence-corrected chi connectivity index (χ0v) is 17.6. The second-order valence-corrected chi connectivity index (χ2v) is 8.32. The van der Waals surface area contributed by atoms with Gasteiger partial charge in [-0.25, -0.2) is 8.42 Å². The molecular weight excluding hydrogens is 424 g/mol. The summed E-state index contributed by atoms with van der Waals surface area (Å²) in [6.07, 6.45) is 4.06. The molecule has 0 aliphatic carbocycles. The van der Waals surface area contributed by atoms with Gasteiger partial charge in [0.1, 0.15) is 16.3 Å². The van der Waals surface area contributed by atoms with Crippen LogP contribution in [0.25, 0.3) is 6.08 Å². The quantitative estimate of drug-likeness (QED) is 0.491. The number of carbonyl (C=O) groups is 2. The van der Waals surface area contributed by atoms with Crippen molar-refractivity contribution >= 4 is 27.9 Å². The summed E-state index contributed by atoms with van der Waals surface area (Å²) in [7, 11) is -2.40. The standard InChI is InChI=1S/C20H22N4O6S/c1-29-17-7-5-15(14-18(17)31(27,28)24-10-12-30-13-11-24)6-8-19(25)22-23-20(26)16-4-2-3-9-21-16/h2-9,14H,10-13H2,1H3,(H,22,25)(H,23,26). The largest absolute Gasteiger partial charge is 0.495 e. The number of methoxy groups -OCH3 is 1. The number of morpholine rings is 1. The van der Waals surface area contributed by atoms with E-state index in [4.69, 9.17) is 9.47 Å². The van der Waals surface area contributed by atoms with E-state index < -0.39 is 21.8 Å². The molecule has 164 valence electrons. The molecule has 1 aliphatic rings. The number of aromatic nitrogens is 1. The van der Waals surface area contributed by atoms with Gasteiger partial charge in [-0.1, -0.05) is 12.1 Å². The molecule has 1 aliphatic heterocycles. The molecule has 0 unspecified atom stereocenters. The second kappa shape index (κ2) is 10.2. The van der Waals surface area contributed by atoms with Crippen molar-refractivity contribution in [3.05, 3.63) is 59.9 Å². The number of hydrogen-bond donors (Lipinski definition) is 2. The lowest BCUT2D eigenvalue weighted by Gasteiger charge is -2.26. The van der Waals surface area contributed by atoms with Crippen molar-refractivity contribution in [3.8, 4) is 5.75 Å². The number of sulfonamides is 1. The number of amides is 2. The van der Waals surface area contributed by atoms with Crippen molar-refractivity contribution in [2.75, 3.05) is 33.4 Å². The van der Waals surface area contributed by atoms with Gasteiger partial charge in [-0.15, -0.1) is 0 Å². The van der Waals surface area contributed by atoms with Crippen LogP contribution in [-0.2, 0) is 19.6 Å². The maximum absolute atomic E-state index is 13.0. The van der Waals surface area contributed by atoms with Crippen molar-refractivity contribution in [2.24, 2.45) is 0 Å². The number of benzene rings is 1. The van der Waals surface area contributed by atoms with Gasteiger partial charge in [-0.05, 0) is 35.9 Å². The lowest BCUT2D eigenvalue weighted by atomic mass is 10.2. The predicted molar refractivity (Wildman–Crippen MR) is 111 cm³/mol. The van der Waals surface area contributed by atoms with Gasteiger partial charge in [0.15, 0.2) is 0 Å². The first-order valence-electron chi connectivity index (χ1n) is 9.37. The topological polar surface area (TPSA) is 127 Å². The summed E-state index contributed by atoms with van der Waals surface area (Å²) < 4.78 is 37.8. The zero-order chi connectivity index (χ0) is 22.3. The molecule has 31 heavy (non-hydrogen) atoms. The van der Waals surface area contributed by atoms with Gasteiger partial charge in [-0.2, -0.15) is 4.31 Å². The minimum absolute atomic E-state index is 0.00270. The van der Waals surface area contributed by atoms with E-state index in [0.29, 0.717) is 18.8 Å². The van der Waals surface area contributed by atoms with Gasteiger partial charge in [0.25, 0.3) is 11.8 Å². The lowest BCUT2D eigenvalue weighted by Crippen LogP contribution is -2.41. The monoisotopic (exact) mass is 446 g/mol. The molecule has 3 rings (SSSR count). The maximum atomic E-state index is 13.0. The number of carbonyl (C=O) groups excluding carboxylic acids is 2. The van der Waals surface area contributed by atoms with E-state index in [-0.39, 0.29) is 29.4 Å². The Morgan fingerprint density at radius 1 is 1.16 bits per heavy atom. The van der Waals surface area contributed by atoms with Crippen LogP contribution < -0.4 is 15.6 Å². The van der Waals surface area contributed by atoms with E-state index in [1.165, 1.54) is 48.0 Å². The number of rotatable bonds is 6. The molecule has 1 aromatic carbocycles. The molecule has 1 saturated heterocycles. The molecule has 10 nitrogen and oxygen atoms in total. The molecule has 0 saturated carbocycles. The van der Waals surface area contributed by atoms with E-state index >= 15 is 0 Å². The highest BCUT2D eigenvalue weighted by molar-refractivity contribution is 7.89. The molecule has 1 aromatic heterocycles. The van der Waals surface area contributed by atoms with Crippen LogP contribution in [0.1, 0.15) is 16.1 Å². The number of ether oxygens (including phenoxy) is 2. The average Bonchev–Trinajstić information content (AvgIpc) is 2.82. The Balaban J connectivity index is 1.70. The third-order valence-electron chi connectivity index (χ3n) is 4.40. The predicted octanol–water partition coefficient (Wildman–Crippen LogP) is 0.586. The van der Waals surface area contributed by atoms with Crippen LogP contribution in [0, 0.1) is 0 Å². The fraction of sp³-hybridized carbons (Fsp3) is 0.250. The van der Waals surface area contributed by atoms with Gasteiger partial charge >= 0.3 is 0 Å². The molecule has 0 radical (unpaired) electrons. The number of pyridine rings is 1. The summed E-state index contributed by atoms with van der Waals surface area (Å²) >= 11 is 0. The summed E-state index contributed by atoms with van der Waals surface area (Å²) in [6, 6.07) is 9.39. The molecule has 0 bridgehead atoms. The van der Waals surface area contributed by atoms with E-state index in [1.54, 1.807) is 18.2 Å². The molecular formula is C20H22N4O6S. The molecule has 1 fully saturated rings. The first-order valence-corrected chi connectivity index (χ1v) is 10.8. The molecule has 0 spiro atoms. The van der Waals surface area contributed by atoms with Crippen LogP contribution in [0.4, 0.5) is 0 Å². The molecule has 2 aromatic rings. The highest BCUT2D eigenvalue weighted by Gasteiger charge is 2.29. The minimum Gasteiger partial charge on any atom is -0.495 e. The minimum atomic E-state index is -3.79. The molecule has 0 atom stereocenters. The Labute approximate surface area is 179 Å². The number of nitrogens with zero attached hydrogens (tertiary/aromatic N) is 2. The fourth-order valence-corrected chi connectivity index (χ4v) is 4.42. The summed E-state index contributed by atoms with van der Waals surface area (Å²) in [5.41, 5.74) is 5.11. The van der Waals surface area contributed by atoms with Gasteiger partial charge in [0.05, 0.1) is 20.3 Å². The Kier molecular flexibility index (Phi) is 7.34. The SMILES string of the molecule is COc1ccc(C=CC(=O)NNC(=O)c2ccccn2)cc1S(=O)(=O)N1CCOCC1. The van der Waals surface area contributed by atoms with Gasteiger partial charge in [-0.3, -0.25) is 25.4 Å². The molecule has 2 amide bonds. The number of hydrazine groups is 1. The average molecular weight is 446 g/mol. The third kappa shape index (κ3) is 5.66. The number of hydrogen-bond acceptors (Lipinski definition) is 7. The third-order valence-corrected chi connectivity index (χ3v) is 6.32. The van der Waals surface area contributed by atoms with Crippen LogP contribution >= 0.6 is 0 Å². The summed E-state index contributed by atoms with van der Waals surface area (Å²) in [4.78, 5) is 27.8. The maximum Gasteiger partial charge on any atom is 0.288 e. The number of nitrogens with one attached hydrogen (secondary N) is 2. The summed E-state index contributed by atoms with van der Waals surface area (Å²) in [5, 5.41) is 0. The summed E-state index contributed by atoms with van der Waals surface area (Å²) in [6.45, 7) is 1.16. The smallest absolute Gasteiger partial charge is 0.288 e. The lowest BCUT2D eigenvalue weighted by molar-refractivity contribution is -0.117. The second-order valence-electron chi connectivity index (χ2n) is 6.42. The normalized spacial score (nSPS) is 14.9. The van der Waals surface area contributed by atoms with Crippen molar-refractivity contribution in [3.63, 3.8) is 0 Å². The Morgan fingerprint density at radius 3 is 2.61 bits per heavy atom. The fourth-order valence-electron chi connectivity index (χ4n) is 2.82.